The predicted octanol–water partition coefficient (Wildman–Crippen LogP) is 5.12. The van der Waals surface area contributed by atoms with Crippen LogP contribution in [0, 0.1) is 5.92 Å². The molecule has 0 radical (unpaired) electrons. The topological polar surface area (TPSA) is 110 Å². The maximum Gasteiger partial charge on any atom is 0.328 e. The van der Waals surface area contributed by atoms with E-state index in [9.17, 15) is 14.4 Å². The van der Waals surface area contributed by atoms with Gasteiger partial charge in [-0.2, -0.15) is 0 Å². The van der Waals surface area contributed by atoms with Gasteiger partial charge in [0.15, 0.2) is 0 Å². The molecule has 37 heavy (non-hydrogen) atoms. The first-order valence-electron chi connectivity index (χ1n) is 12.4. The summed E-state index contributed by atoms with van der Waals surface area (Å²) in [6, 6.07) is 15.0. The van der Waals surface area contributed by atoms with Crippen molar-refractivity contribution in [1.29, 1.82) is 0 Å². The Hall–Kier alpha value is -3.30. The van der Waals surface area contributed by atoms with Gasteiger partial charge in [-0.05, 0) is 56.3 Å². The van der Waals surface area contributed by atoms with Crippen LogP contribution >= 0.6 is 11.8 Å². The summed E-state index contributed by atoms with van der Waals surface area (Å²) >= 11 is 1.79. The van der Waals surface area contributed by atoms with Gasteiger partial charge in [-0.15, -0.1) is 0 Å². The van der Waals surface area contributed by atoms with Gasteiger partial charge in [0.2, 0.25) is 0 Å². The molecule has 9 heteroatoms. The van der Waals surface area contributed by atoms with Crippen molar-refractivity contribution >= 4 is 41.0 Å². The second-order valence-electron chi connectivity index (χ2n) is 9.07. The van der Waals surface area contributed by atoms with Crippen molar-refractivity contribution in [3.8, 4) is 0 Å². The minimum absolute atomic E-state index is 0.00158. The lowest BCUT2D eigenvalue weighted by Crippen LogP contribution is -2.41. The highest BCUT2D eigenvalue weighted by Gasteiger charge is 2.28. The Balaban J connectivity index is 0.000000521. The van der Waals surface area contributed by atoms with Crippen LogP contribution in [0.25, 0.3) is 0 Å². The van der Waals surface area contributed by atoms with E-state index in [0.29, 0.717) is 30.7 Å². The number of likely N-dealkylation sites (N-methyl/N-ethyl adjacent to an activating group) is 1. The molecule has 0 bridgehead atoms. The van der Waals surface area contributed by atoms with E-state index >= 15 is 0 Å². The van der Waals surface area contributed by atoms with Crippen LogP contribution in [0.1, 0.15) is 45.0 Å². The molecule has 0 aromatic heterocycles. The Morgan fingerprint density at radius 3 is 2.11 bits per heavy atom. The minimum Gasteiger partial charge on any atom is -0.478 e. The number of nitrogens with zero attached hydrogens (tertiary/aromatic N) is 2. The van der Waals surface area contributed by atoms with Crippen LogP contribution in [0.4, 0.5) is 11.4 Å². The van der Waals surface area contributed by atoms with Crippen LogP contribution in [-0.4, -0.2) is 65.2 Å². The van der Waals surface area contributed by atoms with Crippen LogP contribution in [0.15, 0.2) is 64.4 Å². The standard InChI is InChI=1S/C24H33N3OS.C4H4O4/c1-6-26(7-2)16-18(5)27-20-10-8-9-11-22(20)29-23-13-12-19(14-21(23)27)24(28)25-15-17(3)4;5-3(6)1-2-4(7)8/h8-14,17-18H,6-7,15-16H2,1-5H3,(H,25,28);1-2H,(H,5,6)(H,7,8). The predicted molar refractivity (Wildman–Crippen MR) is 148 cm³/mol. The summed E-state index contributed by atoms with van der Waals surface area (Å²) in [7, 11) is 0. The maximum atomic E-state index is 12.7. The van der Waals surface area contributed by atoms with Crippen LogP contribution < -0.4 is 10.2 Å². The molecule has 1 aliphatic rings. The summed E-state index contributed by atoms with van der Waals surface area (Å²) in [5.41, 5.74) is 3.08. The fourth-order valence-electron chi connectivity index (χ4n) is 3.88. The molecule has 0 fully saturated rings. The Kier molecular flexibility index (Phi) is 11.7. The van der Waals surface area contributed by atoms with Crippen molar-refractivity contribution < 1.29 is 24.6 Å². The number of fused-ring (bicyclic) bond motifs is 2. The van der Waals surface area contributed by atoms with Crippen LogP contribution in [0.5, 0.6) is 0 Å². The number of carboxylic acid groups (broad SMARTS) is 2. The molecule has 1 unspecified atom stereocenters. The number of anilines is 2. The third-order valence-corrected chi connectivity index (χ3v) is 6.85. The molecule has 200 valence electrons. The average Bonchev–Trinajstić information content (AvgIpc) is 2.87. The SMILES string of the molecule is CCN(CC)CC(C)N1c2ccccc2Sc2ccc(C(=O)NCC(C)C)cc21.O=C(O)C=CC(=O)O. The smallest absolute Gasteiger partial charge is 0.328 e. The van der Waals surface area contributed by atoms with Gasteiger partial charge >= 0.3 is 11.9 Å². The zero-order chi connectivity index (χ0) is 27.5. The summed E-state index contributed by atoms with van der Waals surface area (Å²) in [6.45, 7) is 14.7. The number of para-hydroxylation sites is 1. The molecule has 1 atom stereocenters. The molecule has 0 spiro atoms. The molecule has 1 amide bonds. The van der Waals surface area contributed by atoms with Crippen molar-refractivity contribution in [2.45, 2.75) is 50.5 Å². The van der Waals surface area contributed by atoms with Gasteiger partial charge in [0, 0.05) is 46.6 Å². The van der Waals surface area contributed by atoms with E-state index in [4.69, 9.17) is 10.2 Å². The molecule has 0 saturated carbocycles. The molecule has 2 aromatic carbocycles. The lowest BCUT2D eigenvalue weighted by Gasteiger charge is -2.39. The van der Waals surface area contributed by atoms with E-state index in [2.05, 4.69) is 86.1 Å². The number of carbonyl (C=O) groups excluding carboxylic acids is 1. The summed E-state index contributed by atoms with van der Waals surface area (Å²) in [4.78, 5) is 39.1. The fraction of sp³-hybridized carbons (Fsp3) is 0.393. The largest absolute Gasteiger partial charge is 0.478 e. The quantitative estimate of drug-likeness (QED) is 0.365. The van der Waals surface area contributed by atoms with Gasteiger partial charge in [0.1, 0.15) is 0 Å². The van der Waals surface area contributed by atoms with Gasteiger partial charge in [0.05, 0.1) is 11.4 Å². The third kappa shape index (κ3) is 8.94. The number of hydrogen-bond acceptors (Lipinski definition) is 6. The van der Waals surface area contributed by atoms with E-state index in [1.54, 1.807) is 11.8 Å². The molecule has 8 nitrogen and oxygen atoms in total. The first-order chi connectivity index (χ1) is 17.6. The summed E-state index contributed by atoms with van der Waals surface area (Å²) in [5.74, 6) is -2.08. The highest BCUT2D eigenvalue weighted by atomic mass is 32.2. The Morgan fingerprint density at radius 2 is 1.54 bits per heavy atom. The molecular weight excluding hydrogens is 490 g/mol. The number of amides is 1. The Labute approximate surface area is 223 Å². The normalized spacial score (nSPS) is 13.0. The highest BCUT2D eigenvalue weighted by molar-refractivity contribution is 7.99. The minimum atomic E-state index is -1.26. The van der Waals surface area contributed by atoms with Crippen LogP contribution in [-0.2, 0) is 9.59 Å². The number of carboxylic acids is 2. The fourth-order valence-corrected chi connectivity index (χ4v) is 4.93. The van der Waals surface area contributed by atoms with Crippen LogP contribution in [0.2, 0.25) is 0 Å². The van der Waals surface area contributed by atoms with E-state index in [0.717, 1.165) is 30.9 Å². The zero-order valence-corrected chi connectivity index (χ0v) is 22.9. The van der Waals surface area contributed by atoms with Gasteiger partial charge < -0.3 is 25.3 Å². The number of aliphatic carboxylic acids is 2. The Bertz CT molecular complexity index is 1100. The number of nitrogens with one attached hydrogen (secondary N) is 1. The number of rotatable bonds is 10. The number of benzene rings is 2. The van der Waals surface area contributed by atoms with E-state index in [-0.39, 0.29) is 5.91 Å². The maximum absolute atomic E-state index is 12.7. The molecule has 1 aliphatic heterocycles. The molecule has 3 N–H and O–H groups in total. The second kappa shape index (κ2) is 14.4. The van der Waals surface area contributed by atoms with Crippen molar-refractivity contribution in [3.63, 3.8) is 0 Å². The number of carbonyl (C=O) groups is 3. The summed E-state index contributed by atoms with van der Waals surface area (Å²) in [6.07, 6.45) is 1.12. The van der Waals surface area contributed by atoms with Gasteiger partial charge in [-0.25, -0.2) is 9.59 Å². The van der Waals surface area contributed by atoms with Crippen molar-refractivity contribution in [3.05, 3.63) is 60.2 Å². The Morgan fingerprint density at radius 1 is 0.946 bits per heavy atom. The van der Waals surface area contributed by atoms with E-state index < -0.39 is 11.9 Å². The molecule has 0 aliphatic carbocycles. The third-order valence-electron chi connectivity index (χ3n) is 5.72. The summed E-state index contributed by atoms with van der Waals surface area (Å²) in [5, 5.41) is 18.7. The van der Waals surface area contributed by atoms with Crippen molar-refractivity contribution in [2.75, 3.05) is 31.1 Å². The molecule has 0 saturated heterocycles. The van der Waals surface area contributed by atoms with Crippen molar-refractivity contribution in [2.24, 2.45) is 5.92 Å². The zero-order valence-electron chi connectivity index (χ0n) is 22.1. The highest BCUT2D eigenvalue weighted by Crippen LogP contribution is 2.49. The van der Waals surface area contributed by atoms with Gasteiger partial charge in [-0.3, -0.25) is 4.79 Å². The van der Waals surface area contributed by atoms with Gasteiger partial charge in [-0.1, -0.05) is 51.6 Å². The second-order valence-corrected chi connectivity index (χ2v) is 10.2. The van der Waals surface area contributed by atoms with Crippen molar-refractivity contribution in [1.82, 2.24) is 10.2 Å². The molecule has 1 heterocycles. The van der Waals surface area contributed by atoms with Gasteiger partial charge in [0.25, 0.3) is 5.91 Å². The lowest BCUT2D eigenvalue weighted by molar-refractivity contribution is -0.134. The van der Waals surface area contributed by atoms with E-state index in [1.807, 2.05) is 6.07 Å². The molecule has 3 rings (SSSR count). The molecular formula is C28H37N3O5S. The molecule has 2 aromatic rings. The average molecular weight is 528 g/mol. The monoisotopic (exact) mass is 527 g/mol. The first kappa shape index (κ1) is 29.9. The summed E-state index contributed by atoms with van der Waals surface area (Å²) < 4.78 is 0. The lowest BCUT2D eigenvalue weighted by atomic mass is 10.1. The first-order valence-corrected chi connectivity index (χ1v) is 13.2. The van der Waals surface area contributed by atoms with Crippen LogP contribution in [0.3, 0.4) is 0 Å². The number of hydrogen-bond donors (Lipinski definition) is 3. The van der Waals surface area contributed by atoms with E-state index in [1.165, 1.54) is 15.5 Å².